The molecule has 0 spiro atoms. The van der Waals surface area contributed by atoms with Gasteiger partial charge in [-0.2, -0.15) is 5.26 Å². The zero-order valence-corrected chi connectivity index (χ0v) is 16.8. The number of carbonyl (C=O) groups excluding carboxylic acids is 1. The van der Waals surface area contributed by atoms with Crippen molar-refractivity contribution in [1.82, 2.24) is 0 Å². The summed E-state index contributed by atoms with van der Waals surface area (Å²) in [4.78, 5) is 12.5. The molecule has 0 aliphatic carbocycles. The number of benzene rings is 3. The Morgan fingerprint density at radius 2 is 1.80 bits per heavy atom. The molecule has 0 unspecified atom stereocenters. The van der Waals surface area contributed by atoms with Crippen molar-refractivity contribution in [1.29, 1.82) is 5.26 Å². The van der Waals surface area contributed by atoms with Crippen LogP contribution in [0.4, 0.5) is 5.69 Å². The topological polar surface area (TPSA) is 80.6 Å². The van der Waals surface area contributed by atoms with Gasteiger partial charge >= 0.3 is 0 Å². The van der Waals surface area contributed by atoms with E-state index >= 15 is 0 Å². The SMILES string of the molecule is COc1ccc(CC(=O)Nc2cccc(OCc3cccc(C#N)c3)c2)c(OC)c1. The molecule has 0 saturated heterocycles. The van der Waals surface area contributed by atoms with Crippen molar-refractivity contribution in [2.24, 2.45) is 0 Å². The minimum Gasteiger partial charge on any atom is -0.497 e. The lowest BCUT2D eigenvalue weighted by Crippen LogP contribution is -2.15. The molecule has 0 atom stereocenters. The number of amides is 1. The molecule has 0 aliphatic heterocycles. The Labute approximate surface area is 175 Å². The van der Waals surface area contributed by atoms with E-state index < -0.39 is 0 Å². The highest BCUT2D eigenvalue weighted by Crippen LogP contribution is 2.25. The van der Waals surface area contributed by atoms with Gasteiger partial charge in [0, 0.05) is 23.4 Å². The summed E-state index contributed by atoms with van der Waals surface area (Å²) in [6.45, 7) is 0.329. The molecule has 0 bridgehead atoms. The summed E-state index contributed by atoms with van der Waals surface area (Å²) in [6.07, 6.45) is 0.166. The van der Waals surface area contributed by atoms with E-state index in [2.05, 4.69) is 11.4 Å². The number of nitrogens with one attached hydrogen (secondary N) is 1. The number of anilines is 1. The van der Waals surface area contributed by atoms with Crippen molar-refractivity contribution >= 4 is 11.6 Å². The van der Waals surface area contributed by atoms with Crippen molar-refractivity contribution in [3.8, 4) is 23.3 Å². The minimum atomic E-state index is -0.169. The van der Waals surface area contributed by atoms with E-state index in [-0.39, 0.29) is 12.3 Å². The fourth-order valence-electron chi connectivity index (χ4n) is 2.94. The van der Waals surface area contributed by atoms with Gasteiger partial charge in [-0.25, -0.2) is 0 Å². The van der Waals surface area contributed by atoms with E-state index in [0.717, 1.165) is 11.1 Å². The van der Waals surface area contributed by atoms with Crippen LogP contribution in [0.5, 0.6) is 17.2 Å². The first-order valence-electron chi connectivity index (χ1n) is 9.34. The first-order valence-corrected chi connectivity index (χ1v) is 9.34. The molecule has 0 saturated carbocycles. The Morgan fingerprint density at radius 1 is 0.967 bits per heavy atom. The normalized spacial score (nSPS) is 10.0. The lowest BCUT2D eigenvalue weighted by atomic mass is 10.1. The lowest BCUT2D eigenvalue weighted by Gasteiger charge is -2.12. The third-order valence-electron chi connectivity index (χ3n) is 4.42. The van der Waals surface area contributed by atoms with Crippen LogP contribution in [0.2, 0.25) is 0 Å². The number of rotatable bonds is 8. The van der Waals surface area contributed by atoms with Crippen LogP contribution in [-0.4, -0.2) is 20.1 Å². The second-order valence-corrected chi connectivity index (χ2v) is 6.53. The monoisotopic (exact) mass is 402 g/mol. The molecule has 6 nitrogen and oxygen atoms in total. The Balaban J connectivity index is 1.62. The van der Waals surface area contributed by atoms with Crippen molar-refractivity contribution in [3.63, 3.8) is 0 Å². The van der Waals surface area contributed by atoms with Crippen molar-refractivity contribution in [3.05, 3.63) is 83.4 Å². The van der Waals surface area contributed by atoms with E-state index in [0.29, 0.717) is 35.1 Å². The van der Waals surface area contributed by atoms with Crippen molar-refractivity contribution in [2.45, 2.75) is 13.0 Å². The lowest BCUT2D eigenvalue weighted by molar-refractivity contribution is -0.115. The third-order valence-corrected chi connectivity index (χ3v) is 4.42. The van der Waals surface area contributed by atoms with Gasteiger partial charge in [0.15, 0.2) is 0 Å². The summed E-state index contributed by atoms with van der Waals surface area (Å²) in [6, 6.07) is 21.9. The fourth-order valence-corrected chi connectivity index (χ4v) is 2.94. The first kappa shape index (κ1) is 20.7. The van der Waals surface area contributed by atoms with Crippen molar-refractivity contribution < 1.29 is 19.0 Å². The van der Waals surface area contributed by atoms with Gasteiger partial charge in [-0.1, -0.05) is 24.3 Å². The van der Waals surface area contributed by atoms with E-state index in [1.807, 2.05) is 30.3 Å². The maximum absolute atomic E-state index is 12.5. The molecule has 6 heteroatoms. The molecule has 1 N–H and O–H groups in total. The summed E-state index contributed by atoms with van der Waals surface area (Å²) >= 11 is 0. The Kier molecular flexibility index (Phi) is 6.91. The van der Waals surface area contributed by atoms with Crippen LogP contribution >= 0.6 is 0 Å². The number of methoxy groups -OCH3 is 2. The average molecular weight is 402 g/mol. The first-order chi connectivity index (χ1) is 14.6. The van der Waals surface area contributed by atoms with E-state index in [4.69, 9.17) is 19.5 Å². The largest absolute Gasteiger partial charge is 0.497 e. The molecular formula is C24H22N2O4. The zero-order valence-electron chi connectivity index (χ0n) is 16.8. The highest BCUT2D eigenvalue weighted by molar-refractivity contribution is 5.92. The Morgan fingerprint density at radius 3 is 2.57 bits per heavy atom. The second-order valence-electron chi connectivity index (χ2n) is 6.53. The number of hydrogen-bond acceptors (Lipinski definition) is 5. The van der Waals surface area contributed by atoms with E-state index in [9.17, 15) is 4.79 Å². The van der Waals surface area contributed by atoms with Crippen LogP contribution in [0.3, 0.4) is 0 Å². The fraction of sp³-hybridized carbons (Fsp3) is 0.167. The quantitative estimate of drug-likeness (QED) is 0.606. The Bertz CT molecular complexity index is 1070. The number of nitriles is 1. The molecule has 3 aromatic carbocycles. The van der Waals surface area contributed by atoms with Crippen LogP contribution in [0.15, 0.2) is 66.7 Å². The number of hydrogen-bond donors (Lipinski definition) is 1. The van der Waals surface area contributed by atoms with Gasteiger partial charge in [0.1, 0.15) is 23.9 Å². The summed E-state index contributed by atoms with van der Waals surface area (Å²) < 4.78 is 16.3. The average Bonchev–Trinajstić information content (AvgIpc) is 2.78. The predicted molar refractivity (Wildman–Crippen MR) is 114 cm³/mol. The van der Waals surface area contributed by atoms with Crippen molar-refractivity contribution in [2.75, 3.05) is 19.5 Å². The van der Waals surface area contributed by atoms with Crippen LogP contribution in [0, 0.1) is 11.3 Å². The number of carbonyl (C=O) groups is 1. The molecule has 0 aromatic heterocycles. The van der Waals surface area contributed by atoms with Gasteiger partial charge in [0.2, 0.25) is 5.91 Å². The molecule has 30 heavy (non-hydrogen) atoms. The summed E-state index contributed by atoms with van der Waals surface area (Å²) in [5, 5.41) is 11.9. The molecule has 3 aromatic rings. The maximum Gasteiger partial charge on any atom is 0.228 e. The zero-order chi connectivity index (χ0) is 21.3. The van der Waals surface area contributed by atoms with Crippen LogP contribution in [0.25, 0.3) is 0 Å². The third kappa shape index (κ3) is 5.52. The standard InChI is InChI=1S/C24H22N2O4/c1-28-21-10-9-19(23(14-21)29-2)12-24(27)26-20-7-4-8-22(13-20)30-16-18-6-3-5-17(11-18)15-25/h3-11,13-14H,12,16H2,1-2H3,(H,26,27). The van der Waals surface area contributed by atoms with Gasteiger partial charge in [-0.3, -0.25) is 4.79 Å². The second kappa shape index (κ2) is 9.99. The molecule has 0 heterocycles. The van der Waals surface area contributed by atoms with Gasteiger partial charge in [0.05, 0.1) is 32.3 Å². The molecular weight excluding hydrogens is 380 g/mol. The molecule has 152 valence electrons. The van der Waals surface area contributed by atoms with Gasteiger partial charge in [0.25, 0.3) is 0 Å². The molecule has 3 rings (SSSR count). The minimum absolute atomic E-state index is 0.166. The van der Waals surface area contributed by atoms with Gasteiger partial charge < -0.3 is 19.5 Å². The highest BCUT2D eigenvalue weighted by atomic mass is 16.5. The Hall–Kier alpha value is -3.98. The molecule has 0 radical (unpaired) electrons. The van der Waals surface area contributed by atoms with E-state index in [1.54, 1.807) is 50.6 Å². The summed E-state index contributed by atoms with van der Waals surface area (Å²) in [7, 11) is 3.14. The predicted octanol–water partition coefficient (Wildman–Crippen LogP) is 4.34. The van der Waals surface area contributed by atoms with Crippen LogP contribution in [-0.2, 0) is 17.8 Å². The number of ether oxygens (including phenoxy) is 3. The summed E-state index contributed by atoms with van der Waals surface area (Å²) in [5.74, 6) is 1.72. The molecule has 0 aliphatic rings. The van der Waals surface area contributed by atoms with Crippen LogP contribution < -0.4 is 19.5 Å². The summed E-state index contributed by atoms with van der Waals surface area (Å²) in [5.41, 5.74) is 2.89. The molecule has 0 fully saturated rings. The molecule has 1 amide bonds. The van der Waals surface area contributed by atoms with E-state index in [1.165, 1.54) is 0 Å². The number of nitrogens with zero attached hydrogens (tertiary/aromatic N) is 1. The van der Waals surface area contributed by atoms with Gasteiger partial charge in [-0.15, -0.1) is 0 Å². The van der Waals surface area contributed by atoms with Crippen LogP contribution in [0.1, 0.15) is 16.7 Å². The van der Waals surface area contributed by atoms with Gasteiger partial charge in [-0.05, 0) is 35.9 Å². The highest BCUT2D eigenvalue weighted by Gasteiger charge is 2.11. The smallest absolute Gasteiger partial charge is 0.228 e. The maximum atomic E-state index is 12.5.